The molecule has 0 bridgehead atoms. The number of carbonyl (C=O) groups is 1. The molecule has 2 aromatic rings. The van der Waals surface area contributed by atoms with Gasteiger partial charge in [0.2, 0.25) is 0 Å². The molecule has 1 heterocycles. The summed E-state index contributed by atoms with van der Waals surface area (Å²) in [5.74, 6) is 0.297. The second-order valence-corrected chi connectivity index (χ2v) is 4.75. The molecule has 20 heavy (non-hydrogen) atoms. The molecule has 2 rings (SSSR count). The molecule has 4 N–H and O–H groups in total. The van der Waals surface area contributed by atoms with E-state index in [1.165, 1.54) is 6.07 Å². The molecule has 106 valence electrons. The lowest BCUT2D eigenvalue weighted by molar-refractivity contribution is 0.102. The lowest BCUT2D eigenvalue weighted by Crippen LogP contribution is -2.13. The van der Waals surface area contributed by atoms with Gasteiger partial charge in [-0.25, -0.2) is 0 Å². The van der Waals surface area contributed by atoms with Crippen molar-refractivity contribution in [1.29, 1.82) is 0 Å². The van der Waals surface area contributed by atoms with Crippen LogP contribution in [-0.4, -0.2) is 24.0 Å². The van der Waals surface area contributed by atoms with E-state index in [0.717, 1.165) is 0 Å². The normalized spacial score (nSPS) is 10.3. The van der Waals surface area contributed by atoms with Gasteiger partial charge < -0.3 is 20.8 Å². The first kappa shape index (κ1) is 14.7. The standard InChI is InChI=1S/C13H13Cl2N3O2/c14-10-7-11(18-12(10)15)13(19)17-8-2-1-3-9(6-8)20-5-4-16/h1-3,6-7,18H,4-5,16H2,(H,17,19). The minimum Gasteiger partial charge on any atom is -0.492 e. The summed E-state index contributed by atoms with van der Waals surface area (Å²) in [4.78, 5) is 14.7. The molecule has 0 radical (unpaired) electrons. The summed E-state index contributed by atoms with van der Waals surface area (Å²) in [6, 6.07) is 8.48. The first-order chi connectivity index (χ1) is 9.60. The van der Waals surface area contributed by atoms with Crippen LogP contribution in [0.1, 0.15) is 10.5 Å². The molecule has 0 saturated carbocycles. The molecule has 0 aliphatic heterocycles. The van der Waals surface area contributed by atoms with E-state index in [0.29, 0.717) is 29.6 Å². The molecule has 0 aliphatic carbocycles. The first-order valence-corrected chi connectivity index (χ1v) is 6.64. The monoisotopic (exact) mass is 313 g/mol. The molecule has 0 unspecified atom stereocenters. The van der Waals surface area contributed by atoms with Crippen molar-refractivity contribution in [2.24, 2.45) is 5.73 Å². The second kappa shape index (κ2) is 6.65. The van der Waals surface area contributed by atoms with Crippen LogP contribution in [-0.2, 0) is 0 Å². The van der Waals surface area contributed by atoms with Gasteiger partial charge in [0.25, 0.3) is 5.91 Å². The zero-order chi connectivity index (χ0) is 14.5. The van der Waals surface area contributed by atoms with Gasteiger partial charge in [-0.3, -0.25) is 4.79 Å². The number of aromatic amines is 1. The predicted molar refractivity (Wildman–Crippen MR) is 79.8 cm³/mol. The summed E-state index contributed by atoms with van der Waals surface area (Å²) in [7, 11) is 0. The zero-order valence-corrected chi connectivity index (χ0v) is 12.0. The maximum Gasteiger partial charge on any atom is 0.272 e. The van der Waals surface area contributed by atoms with Crippen molar-refractivity contribution in [3.05, 3.63) is 46.2 Å². The number of ether oxygens (including phenoxy) is 1. The SMILES string of the molecule is NCCOc1cccc(NC(=O)c2cc(Cl)c(Cl)[nH]2)c1. The number of hydrogen-bond donors (Lipinski definition) is 3. The van der Waals surface area contributed by atoms with Crippen LogP contribution in [0, 0.1) is 0 Å². The average molecular weight is 314 g/mol. The molecule has 0 saturated heterocycles. The number of benzene rings is 1. The molecular weight excluding hydrogens is 301 g/mol. The van der Waals surface area contributed by atoms with Crippen molar-refractivity contribution < 1.29 is 9.53 Å². The maximum atomic E-state index is 12.0. The zero-order valence-electron chi connectivity index (χ0n) is 10.5. The van der Waals surface area contributed by atoms with Gasteiger partial charge >= 0.3 is 0 Å². The maximum absolute atomic E-state index is 12.0. The van der Waals surface area contributed by atoms with Crippen LogP contribution in [0.15, 0.2) is 30.3 Å². The number of nitrogens with two attached hydrogens (primary N) is 1. The molecule has 0 fully saturated rings. The number of aromatic nitrogens is 1. The van der Waals surface area contributed by atoms with Crippen molar-refractivity contribution in [1.82, 2.24) is 4.98 Å². The average Bonchev–Trinajstić information content (AvgIpc) is 2.77. The number of amides is 1. The number of halogens is 2. The summed E-state index contributed by atoms with van der Waals surface area (Å²) < 4.78 is 5.38. The van der Waals surface area contributed by atoms with Crippen LogP contribution in [0.4, 0.5) is 5.69 Å². The quantitative estimate of drug-likeness (QED) is 0.794. The number of anilines is 1. The van der Waals surface area contributed by atoms with Crippen LogP contribution < -0.4 is 15.8 Å². The Hall–Kier alpha value is -1.69. The van der Waals surface area contributed by atoms with Gasteiger partial charge in [-0.05, 0) is 18.2 Å². The predicted octanol–water partition coefficient (Wildman–Crippen LogP) is 2.91. The van der Waals surface area contributed by atoms with Crippen LogP contribution in [0.3, 0.4) is 0 Å². The van der Waals surface area contributed by atoms with E-state index < -0.39 is 0 Å². The summed E-state index contributed by atoms with van der Waals surface area (Å²) in [6.45, 7) is 0.843. The van der Waals surface area contributed by atoms with E-state index in [2.05, 4.69) is 10.3 Å². The highest BCUT2D eigenvalue weighted by Crippen LogP contribution is 2.23. The van der Waals surface area contributed by atoms with Crippen LogP contribution in [0.25, 0.3) is 0 Å². The Kier molecular flexibility index (Phi) is 4.89. The highest BCUT2D eigenvalue weighted by atomic mass is 35.5. The lowest BCUT2D eigenvalue weighted by Gasteiger charge is -2.07. The van der Waals surface area contributed by atoms with Crippen molar-refractivity contribution >= 4 is 34.8 Å². The third kappa shape index (κ3) is 3.66. The van der Waals surface area contributed by atoms with Crippen LogP contribution >= 0.6 is 23.2 Å². The minimum atomic E-state index is -0.338. The van der Waals surface area contributed by atoms with E-state index in [1.54, 1.807) is 24.3 Å². The van der Waals surface area contributed by atoms with Gasteiger partial charge in [-0.15, -0.1) is 0 Å². The highest BCUT2D eigenvalue weighted by molar-refractivity contribution is 6.41. The molecule has 1 aromatic carbocycles. The van der Waals surface area contributed by atoms with Crippen LogP contribution in [0.5, 0.6) is 5.75 Å². The minimum absolute atomic E-state index is 0.233. The van der Waals surface area contributed by atoms with Gasteiger partial charge in [0, 0.05) is 18.3 Å². The second-order valence-electron chi connectivity index (χ2n) is 3.96. The van der Waals surface area contributed by atoms with Gasteiger partial charge in [0.1, 0.15) is 23.2 Å². The van der Waals surface area contributed by atoms with Crippen molar-refractivity contribution in [2.45, 2.75) is 0 Å². The fourth-order valence-electron chi connectivity index (χ4n) is 1.57. The molecular formula is C13H13Cl2N3O2. The first-order valence-electron chi connectivity index (χ1n) is 5.88. The Morgan fingerprint density at radius 3 is 2.80 bits per heavy atom. The van der Waals surface area contributed by atoms with Gasteiger partial charge in [0.15, 0.2) is 0 Å². The fraction of sp³-hybridized carbons (Fsp3) is 0.154. The van der Waals surface area contributed by atoms with Crippen LogP contribution in [0.2, 0.25) is 10.2 Å². The lowest BCUT2D eigenvalue weighted by atomic mass is 10.3. The Morgan fingerprint density at radius 1 is 1.35 bits per heavy atom. The summed E-state index contributed by atoms with van der Waals surface area (Å²) in [5.41, 5.74) is 6.25. The summed E-state index contributed by atoms with van der Waals surface area (Å²) in [6.07, 6.45) is 0. The molecule has 0 atom stereocenters. The Labute approximate surface area is 126 Å². The van der Waals surface area contributed by atoms with Crippen molar-refractivity contribution in [3.63, 3.8) is 0 Å². The number of hydrogen-bond acceptors (Lipinski definition) is 3. The third-order valence-electron chi connectivity index (χ3n) is 2.45. The van der Waals surface area contributed by atoms with Gasteiger partial charge in [-0.1, -0.05) is 29.3 Å². The number of carbonyl (C=O) groups excluding carboxylic acids is 1. The number of H-pyrrole nitrogens is 1. The van der Waals surface area contributed by atoms with E-state index in [4.69, 9.17) is 33.7 Å². The van der Waals surface area contributed by atoms with Crippen molar-refractivity contribution in [3.8, 4) is 5.75 Å². The van der Waals surface area contributed by atoms with Crippen molar-refractivity contribution in [2.75, 3.05) is 18.5 Å². The molecule has 1 amide bonds. The van der Waals surface area contributed by atoms with E-state index in [9.17, 15) is 4.79 Å². The van der Waals surface area contributed by atoms with E-state index >= 15 is 0 Å². The molecule has 7 heteroatoms. The number of nitrogens with one attached hydrogen (secondary N) is 2. The Morgan fingerprint density at radius 2 is 2.15 bits per heavy atom. The molecule has 0 spiro atoms. The topological polar surface area (TPSA) is 80.1 Å². The van der Waals surface area contributed by atoms with E-state index in [1.807, 2.05) is 0 Å². The molecule has 0 aliphatic rings. The Balaban J connectivity index is 2.07. The summed E-state index contributed by atoms with van der Waals surface area (Å²) in [5, 5.41) is 3.25. The fourth-order valence-corrected chi connectivity index (χ4v) is 1.88. The number of rotatable bonds is 5. The van der Waals surface area contributed by atoms with Gasteiger partial charge in [0.05, 0.1) is 5.02 Å². The Bertz CT molecular complexity index is 594. The largest absolute Gasteiger partial charge is 0.492 e. The summed E-state index contributed by atoms with van der Waals surface area (Å²) >= 11 is 11.5. The van der Waals surface area contributed by atoms with Gasteiger partial charge in [-0.2, -0.15) is 0 Å². The third-order valence-corrected chi connectivity index (χ3v) is 3.14. The molecule has 5 nitrogen and oxygen atoms in total. The van der Waals surface area contributed by atoms with E-state index in [-0.39, 0.29) is 16.8 Å². The highest BCUT2D eigenvalue weighted by Gasteiger charge is 2.12. The molecule has 1 aromatic heterocycles. The smallest absolute Gasteiger partial charge is 0.272 e.